The lowest BCUT2D eigenvalue weighted by molar-refractivity contribution is 0.960. The lowest BCUT2D eigenvalue weighted by atomic mass is 10.1. The number of rotatable bonds is 5. The van der Waals surface area contributed by atoms with Gasteiger partial charge in [0.25, 0.3) is 0 Å². The van der Waals surface area contributed by atoms with E-state index in [-0.39, 0.29) is 0 Å². The smallest absolute Gasteiger partial charge is 0.212 e. The van der Waals surface area contributed by atoms with Crippen LogP contribution in [-0.4, -0.2) is 9.55 Å². The molecule has 1 heterocycles. The number of hydrogen-bond donors (Lipinski definition) is 1. The largest absolute Gasteiger partial charge is 0.325 e. The van der Waals surface area contributed by atoms with Gasteiger partial charge in [0, 0.05) is 23.5 Å². The van der Waals surface area contributed by atoms with Crippen molar-refractivity contribution in [3.8, 4) is 5.69 Å². The predicted molar refractivity (Wildman–Crippen MR) is 112 cm³/mol. The molecule has 0 unspecified atom stereocenters. The van der Waals surface area contributed by atoms with Gasteiger partial charge in [0.15, 0.2) is 0 Å². The highest BCUT2D eigenvalue weighted by Gasteiger charge is 2.13. The quantitative estimate of drug-likeness (QED) is 0.490. The van der Waals surface area contributed by atoms with E-state index in [1.807, 2.05) is 12.3 Å². The summed E-state index contributed by atoms with van der Waals surface area (Å²) in [4.78, 5) is 4.68. The Morgan fingerprint density at radius 3 is 2.07 bits per heavy atom. The third-order valence-electron chi connectivity index (χ3n) is 4.66. The van der Waals surface area contributed by atoms with Crippen molar-refractivity contribution in [1.29, 1.82) is 0 Å². The fraction of sp³-hybridized carbons (Fsp3) is 0.125. The second kappa shape index (κ2) is 7.50. The van der Waals surface area contributed by atoms with Gasteiger partial charge >= 0.3 is 0 Å². The molecule has 0 aliphatic carbocycles. The first-order chi connectivity index (χ1) is 13.2. The Kier molecular flexibility index (Phi) is 4.75. The minimum Gasteiger partial charge on any atom is -0.325 e. The Bertz CT molecular complexity index is 1010. The lowest BCUT2D eigenvalue weighted by Gasteiger charge is -2.14. The number of aryl methyl sites for hydroxylation is 2. The van der Waals surface area contributed by atoms with Crippen LogP contribution in [0.1, 0.15) is 22.4 Å². The van der Waals surface area contributed by atoms with E-state index in [9.17, 15) is 0 Å². The van der Waals surface area contributed by atoms with Crippen molar-refractivity contribution in [3.63, 3.8) is 0 Å². The molecule has 4 rings (SSSR count). The van der Waals surface area contributed by atoms with Crippen molar-refractivity contribution in [2.75, 3.05) is 5.32 Å². The summed E-state index contributed by atoms with van der Waals surface area (Å²) in [7, 11) is 0. The van der Waals surface area contributed by atoms with Crippen LogP contribution in [0.3, 0.4) is 0 Å². The highest BCUT2D eigenvalue weighted by Crippen LogP contribution is 2.24. The molecule has 3 heteroatoms. The number of anilines is 2. The Morgan fingerprint density at radius 2 is 1.41 bits per heavy atom. The molecule has 0 radical (unpaired) electrons. The molecule has 0 amide bonds. The van der Waals surface area contributed by atoms with Crippen molar-refractivity contribution in [2.24, 2.45) is 0 Å². The first-order valence-corrected chi connectivity index (χ1v) is 9.20. The molecule has 0 aliphatic rings. The number of nitrogens with one attached hydrogen (secondary N) is 1. The summed E-state index contributed by atoms with van der Waals surface area (Å²) in [6.07, 6.45) is 2.79. The van der Waals surface area contributed by atoms with Crippen LogP contribution in [0.4, 0.5) is 11.6 Å². The molecule has 0 atom stereocenters. The van der Waals surface area contributed by atoms with Crippen molar-refractivity contribution in [3.05, 3.63) is 107 Å². The molecule has 0 spiro atoms. The van der Waals surface area contributed by atoms with E-state index in [1.165, 1.54) is 16.7 Å². The summed E-state index contributed by atoms with van der Waals surface area (Å²) >= 11 is 0. The van der Waals surface area contributed by atoms with Gasteiger partial charge in [-0.3, -0.25) is 4.57 Å². The zero-order valence-electron chi connectivity index (χ0n) is 15.7. The summed E-state index contributed by atoms with van der Waals surface area (Å²) in [6.45, 7) is 4.20. The average Bonchev–Trinajstić information content (AvgIpc) is 3.07. The predicted octanol–water partition coefficient (Wildman–Crippen LogP) is 5.82. The minimum atomic E-state index is 0.827. The first-order valence-electron chi connectivity index (χ1n) is 9.20. The minimum absolute atomic E-state index is 0.827. The average molecular weight is 353 g/mol. The number of benzene rings is 3. The van der Waals surface area contributed by atoms with Gasteiger partial charge in [-0.2, -0.15) is 0 Å². The van der Waals surface area contributed by atoms with Gasteiger partial charge < -0.3 is 5.32 Å². The molecule has 3 aromatic carbocycles. The van der Waals surface area contributed by atoms with Gasteiger partial charge in [0.05, 0.1) is 6.20 Å². The molecule has 0 bridgehead atoms. The number of imidazole rings is 1. The summed E-state index contributed by atoms with van der Waals surface area (Å²) in [5.41, 5.74) is 7.06. The molecule has 4 aromatic rings. The maximum Gasteiger partial charge on any atom is 0.212 e. The fourth-order valence-electron chi connectivity index (χ4n) is 3.15. The molecular weight excluding hydrogens is 330 g/mol. The van der Waals surface area contributed by atoms with Crippen molar-refractivity contribution >= 4 is 11.6 Å². The molecule has 0 saturated heterocycles. The summed E-state index contributed by atoms with van der Waals surface area (Å²) in [5, 5.41) is 3.47. The second-order valence-corrected chi connectivity index (χ2v) is 6.90. The standard InChI is InChI=1S/C24H23N3/c1-18-8-12-21(13-9-18)26-24-25-17-23(16-20-6-4-3-5-7-20)27(24)22-14-10-19(2)11-15-22/h3-15,17H,16H2,1-2H3,(H,25,26). The van der Waals surface area contributed by atoms with Crippen LogP contribution in [0, 0.1) is 13.8 Å². The van der Waals surface area contributed by atoms with Crippen LogP contribution in [0.25, 0.3) is 5.69 Å². The molecular formula is C24H23N3. The van der Waals surface area contributed by atoms with Crippen LogP contribution in [0.5, 0.6) is 0 Å². The monoisotopic (exact) mass is 353 g/mol. The van der Waals surface area contributed by atoms with Gasteiger partial charge in [-0.1, -0.05) is 65.7 Å². The topological polar surface area (TPSA) is 29.9 Å². The van der Waals surface area contributed by atoms with E-state index in [4.69, 9.17) is 0 Å². The van der Waals surface area contributed by atoms with Crippen LogP contribution in [-0.2, 0) is 6.42 Å². The van der Waals surface area contributed by atoms with Crippen molar-refractivity contribution in [2.45, 2.75) is 20.3 Å². The van der Waals surface area contributed by atoms with Crippen molar-refractivity contribution < 1.29 is 0 Å². The van der Waals surface area contributed by atoms with Crippen molar-refractivity contribution in [1.82, 2.24) is 9.55 Å². The molecule has 1 aromatic heterocycles. The highest BCUT2D eigenvalue weighted by molar-refractivity contribution is 5.57. The van der Waals surface area contributed by atoms with E-state index < -0.39 is 0 Å². The maximum absolute atomic E-state index is 4.68. The molecule has 1 N–H and O–H groups in total. The zero-order valence-corrected chi connectivity index (χ0v) is 15.7. The van der Waals surface area contributed by atoms with Crippen LogP contribution >= 0.6 is 0 Å². The summed E-state index contributed by atoms with van der Waals surface area (Å²) < 4.78 is 2.20. The van der Waals surface area contributed by atoms with Crippen LogP contribution in [0.2, 0.25) is 0 Å². The Hall–Kier alpha value is -3.33. The molecule has 134 valence electrons. The highest BCUT2D eigenvalue weighted by atomic mass is 15.2. The third kappa shape index (κ3) is 3.93. The van der Waals surface area contributed by atoms with Gasteiger partial charge in [-0.05, 0) is 43.7 Å². The zero-order chi connectivity index (χ0) is 18.6. The Labute approximate surface area is 160 Å². The SMILES string of the molecule is Cc1ccc(Nc2ncc(Cc3ccccc3)n2-c2ccc(C)cc2)cc1. The molecule has 3 nitrogen and oxygen atoms in total. The third-order valence-corrected chi connectivity index (χ3v) is 4.66. The normalized spacial score (nSPS) is 10.7. The van der Waals surface area contributed by atoms with Gasteiger partial charge in [0.1, 0.15) is 0 Å². The lowest BCUT2D eigenvalue weighted by Crippen LogP contribution is -2.06. The number of hydrogen-bond acceptors (Lipinski definition) is 2. The van der Waals surface area contributed by atoms with E-state index in [2.05, 4.69) is 102 Å². The number of aromatic nitrogens is 2. The number of nitrogens with zero attached hydrogens (tertiary/aromatic N) is 2. The molecule has 0 saturated carbocycles. The molecule has 0 fully saturated rings. The van der Waals surface area contributed by atoms with Crippen LogP contribution in [0.15, 0.2) is 85.1 Å². The second-order valence-electron chi connectivity index (χ2n) is 6.90. The summed E-state index contributed by atoms with van der Waals surface area (Å²) in [5.74, 6) is 0.827. The first kappa shape index (κ1) is 17.1. The van der Waals surface area contributed by atoms with Gasteiger partial charge in [-0.15, -0.1) is 0 Å². The Balaban J connectivity index is 1.74. The Morgan fingerprint density at radius 1 is 0.778 bits per heavy atom. The molecule has 0 aliphatic heterocycles. The maximum atomic E-state index is 4.68. The summed E-state index contributed by atoms with van der Waals surface area (Å²) in [6, 6.07) is 27.4. The van der Waals surface area contributed by atoms with E-state index in [0.717, 1.165) is 29.4 Å². The fourth-order valence-corrected chi connectivity index (χ4v) is 3.15. The van der Waals surface area contributed by atoms with E-state index in [0.29, 0.717) is 0 Å². The van der Waals surface area contributed by atoms with Gasteiger partial charge in [-0.25, -0.2) is 4.98 Å². The molecule has 27 heavy (non-hydrogen) atoms. The van der Waals surface area contributed by atoms with Crippen LogP contribution < -0.4 is 5.32 Å². The van der Waals surface area contributed by atoms with E-state index >= 15 is 0 Å². The van der Waals surface area contributed by atoms with Gasteiger partial charge in [0.2, 0.25) is 5.95 Å². The van der Waals surface area contributed by atoms with E-state index in [1.54, 1.807) is 0 Å².